The summed E-state index contributed by atoms with van der Waals surface area (Å²) in [5.74, 6) is 0.364. The van der Waals surface area contributed by atoms with Gasteiger partial charge in [0.25, 0.3) is 11.5 Å². The Bertz CT molecular complexity index is 1040. The van der Waals surface area contributed by atoms with Crippen LogP contribution in [0.25, 0.3) is 0 Å². The number of hydrogen-bond donors (Lipinski definition) is 1. The Balaban J connectivity index is 1.68. The third-order valence-electron chi connectivity index (χ3n) is 4.52. The van der Waals surface area contributed by atoms with Gasteiger partial charge in [0, 0.05) is 31.3 Å². The maximum Gasteiger partial charge on any atom is 0.273 e. The first kappa shape index (κ1) is 18.8. The Morgan fingerprint density at radius 3 is 2.46 bits per heavy atom. The number of hydrogen-bond acceptors (Lipinski definition) is 6. The first-order valence-electron chi connectivity index (χ1n) is 8.67. The van der Waals surface area contributed by atoms with E-state index in [2.05, 4.69) is 15.5 Å². The molecule has 0 unspecified atom stereocenters. The van der Waals surface area contributed by atoms with Crippen LogP contribution in [0.3, 0.4) is 0 Å². The minimum Gasteiger partial charge on any atom is -0.434 e. The maximum atomic E-state index is 12.2. The smallest absolute Gasteiger partial charge is 0.273 e. The summed E-state index contributed by atoms with van der Waals surface area (Å²) in [4.78, 5) is 24.3. The van der Waals surface area contributed by atoms with Crippen LogP contribution in [-0.2, 0) is 11.8 Å². The molecule has 4 rings (SSSR count). The lowest BCUT2D eigenvalue weighted by Gasteiger charge is -2.22. The number of rotatable bonds is 4. The molecule has 0 bridgehead atoms. The molecule has 2 aliphatic rings. The number of amides is 1. The lowest BCUT2D eigenvalue weighted by atomic mass is 10.1. The van der Waals surface area contributed by atoms with E-state index in [1.165, 1.54) is 4.68 Å². The summed E-state index contributed by atoms with van der Waals surface area (Å²) in [6.45, 7) is 0.326. The number of halogens is 2. The van der Waals surface area contributed by atoms with Gasteiger partial charge in [-0.3, -0.25) is 14.6 Å². The topological polar surface area (TPSA) is 88.8 Å². The van der Waals surface area contributed by atoms with Crippen molar-refractivity contribution < 1.29 is 9.53 Å². The fourth-order valence-corrected chi connectivity index (χ4v) is 3.51. The van der Waals surface area contributed by atoms with Crippen molar-refractivity contribution >= 4 is 34.8 Å². The molecular weight excluding hydrogens is 405 g/mol. The zero-order chi connectivity index (χ0) is 20.0. The van der Waals surface area contributed by atoms with E-state index in [4.69, 9.17) is 27.9 Å². The number of aromatic nitrogens is 2. The van der Waals surface area contributed by atoms with Crippen molar-refractivity contribution in [2.75, 3.05) is 13.7 Å². The minimum atomic E-state index is -0.312. The van der Waals surface area contributed by atoms with Crippen LogP contribution in [-0.4, -0.2) is 40.1 Å². The van der Waals surface area contributed by atoms with E-state index < -0.39 is 0 Å². The van der Waals surface area contributed by atoms with Gasteiger partial charge in [-0.05, 0) is 30.9 Å². The highest BCUT2D eigenvalue weighted by Gasteiger charge is 2.28. The number of benzene rings is 1. The van der Waals surface area contributed by atoms with Crippen LogP contribution in [0.15, 0.2) is 28.1 Å². The molecule has 28 heavy (non-hydrogen) atoms. The van der Waals surface area contributed by atoms with Crippen LogP contribution < -0.4 is 15.6 Å². The average Bonchev–Trinajstić information content (AvgIpc) is 3.48. The first-order chi connectivity index (χ1) is 13.3. The van der Waals surface area contributed by atoms with E-state index in [0.717, 1.165) is 12.8 Å². The number of ether oxygens (including phenoxy) is 1. The fourth-order valence-electron chi connectivity index (χ4n) is 2.95. The second kappa shape index (κ2) is 7.10. The Morgan fingerprint density at radius 1 is 1.14 bits per heavy atom. The van der Waals surface area contributed by atoms with Gasteiger partial charge in [0.1, 0.15) is 6.67 Å². The van der Waals surface area contributed by atoms with Gasteiger partial charge in [-0.15, -0.1) is 5.10 Å². The molecule has 1 saturated carbocycles. The highest BCUT2D eigenvalue weighted by atomic mass is 35.5. The molecule has 1 amide bonds. The summed E-state index contributed by atoms with van der Waals surface area (Å²) in [7, 11) is 3.31. The van der Waals surface area contributed by atoms with Crippen molar-refractivity contribution in [3.63, 3.8) is 0 Å². The average molecular weight is 422 g/mol. The summed E-state index contributed by atoms with van der Waals surface area (Å²) in [6, 6.07) is 4.75. The molecule has 0 atom stereocenters. The van der Waals surface area contributed by atoms with Gasteiger partial charge in [-0.2, -0.15) is 5.10 Å². The summed E-state index contributed by atoms with van der Waals surface area (Å²) in [5, 5.41) is 13.0. The quantitative estimate of drug-likeness (QED) is 0.818. The number of carbonyl (C=O) groups excluding carboxylic acids is 1. The third kappa shape index (κ3) is 3.57. The Kier molecular flexibility index (Phi) is 4.76. The highest BCUT2D eigenvalue weighted by Crippen LogP contribution is 2.41. The van der Waals surface area contributed by atoms with E-state index >= 15 is 0 Å². The van der Waals surface area contributed by atoms with E-state index in [9.17, 15) is 9.59 Å². The summed E-state index contributed by atoms with van der Waals surface area (Å²) in [5.41, 5.74) is 1.22. The lowest BCUT2D eigenvalue weighted by molar-refractivity contribution is -0.116. The van der Waals surface area contributed by atoms with Crippen LogP contribution in [0.4, 0.5) is 0 Å². The number of nitrogens with one attached hydrogen (secondary N) is 1. The Hall–Kier alpha value is -2.58. The molecule has 0 saturated heterocycles. The number of carbonyl (C=O) groups is 1. The molecule has 1 aliphatic heterocycles. The fraction of sp³-hybridized carbons (Fsp3) is 0.333. The zero-order valence-corrected chi connectivity index (χ0v) is 16.7. The molecule has 8 nitrogen and oxygen atoms in total. The molecule has 2 aromatic rings. The van der Waals surface area contributed by atoms with E-state index in [1.54, 1.807) is 37.3 Å². The van der Waals surface area contributed by atoms with Crippen LogP contribution in [0.2, 0.25) is 10.0 Å². The zero-order valence-electron chi connectivity index (χ0n) is 15.2. The molecule has 10 heteroatoms. The molecule has 1 fully saturated rings. The van der Waals surface area contributed by atoms with Crippen LogP contribution in [0.5, 0.6) is 11.6 Å². The van der Waals surface area contributed by atoms with Gasteiger partial charge in [0.05, 0.1) is 10.0 Å². The number of nitrogens with zero attached hydrogens (tertiary/aromatic N) is 4. The van der Waals surface area contributed by atoms with Gasteiger partial charge >= 0.3 is 0 Å². The second-order valence-electron chi connectivity index (χ2n) is 6.78. The molecule has 0 spiro atoms. The summed E-state index contributed by atoms with van der Waals surface area (Å²) in [6.07, 6.45) is 1.96. The van der Waals surface area contributed by atoms with Crippen molar-refractivity contribution in [1.82, 2.24) is 20.1 Å². The minimum absolute atomic E-state index is 0.132. The van der Waals surface area contributed by atoms with Gasteiger partial charge in [-0.1, -0.05) is 23.2 Å². The van der Waals surface area contributed by atoms with Crippen LogP contribution in [0.1, 0.15) is 29.9 Å². The lowest BCUT2D eigenvalue weighted by Crippen LogP contribution is -2.43. The van der Waals surface area contributed by atoms with Gasteiger partial charge in [0.15, 0.2) is 11.5 Å². The molecule has 2 heterocycles. The number of aryl methyl sites for hydroxylation is 1. The molecule has 1 aromatic carbocycles. The monoisotopic (exact) mass is 421 g/mol. The van der Waals surface area contributed by atoms with Gasteiger partial charge in [0.2, 0.25) is 5.88 Å². The van der Waals surface area contributed by atoms with Crippen molar-refractivity contribution in [3.05, 3.63) is 49.7 Å². The van der Waals surface area contributed by atoms with Crippen molar-refractivity contribution in [1.29, 1.82) is 0 Å². The van der Waals surface area contributed by atoms with E-state index in [0.29, 0.717) is 17.8 Å². The third-order valence-corrected chi connectivity index (χ3v) is 5.08. The molecule has 146 valence electrons. The Morgan fingerprint density at radius 2 is 1.82 bits per heavy atom. The van der Waals surface area contributed by atoms with Gasteiger partial charge in [-0.25, -0.2) is 4.68 Å². The largest absolute Gasteiger partial charge is 0.434 e. The van der Waals surface area contributed by atoms with Crippen LogP contribution in [0, 0.1) is 0 Å². The molecule has 1 aromatic heterocycles. The maximum absolute atomic E-state index is 12.2. The SMILES string of the molecule is CN1CNC(=O)C(c2cc(Cl)c(Oc3cc(C4CC4)c(=O)n(C)n3)c(Cl)c2)=N1. The molecule has 0 radical (unpaired) electrons. The standard InChI is InChI=1S/C18H17Cl2N5O3/c1-24-8-21-17(26)15(23-24)10-5-12(19)16(13(20)6-10)28-14-7-11(9-3-4-9)18(27)25(2)22-14/h5-7,9H,3-4,8H2,1-2H3,(H,21,26). The van der Waals surface area contributed by atoms with Crippen LogP contribution >= 0.6 is 23.2 Å². The number of hydrazone groups is 1. The molecule has 1 N–H and O–H groups in total. The predicted molar refractivity (Wildman–Crippen MR) is 105 cm³/mol. The second-order valence-corrected chi connectivity index (χ2v) is 7.60. The van der Waals surface area contributed by atoms with E-state index in [1.807, 2.05) is 0 Å². The normalized spacial score (nSPS) is 16.6. The predicted octanol–water partition coefficient (Wildman–Crippen LogP) is 2.48. The van der Waals surface area contributed by atoms with Crippen molar-refractivity contribution in [3.8, 4) is 11.6 Å². The van der Waals surface area contributed by atoms with Gasteiger partial charge < -0.3 is 10.1 Å². The summed E-state index contributed by atoms with van der Waals surface area (Å²) < 4.78 is 7.05. The van der Waals surface area contributed by atoms with E-state index in [-0.39, 0.29) is 44.8 Å². The molecule has 1 aliphatic carbocycles. The highest BCUT2D eigenvalue weighted by molar-refractivity contribution is 6.47. The van der Waals surface area contributed by atoms with Crippen molar-refractivity contribution in [2.45, 2.75) is 18.8 Å². The van der Waals surface area contributed by atoms with Crippen molar-refractivity contribution in [2.24, 2.45) is 12.1 Å². The first-order valence-corrected chi connectivity index (χ1v) is 9.42. The summed E-state index contributed by atoms with van der Waals surface area (Å²) >= 11 is 12.7. The Labute approximate surface area is 170 Å². The molecular formula is C18H17Cl2N5O3.